The average molecular weight is 526 g/mol. The first-order chi connectivity index (χ1) is 15.8. The Morgan fingerprint density at radius 1 is 0.848 bits per heavy atom. The first-order valence-electron chi connectivity index (χ1n) is 9.87. The maximum atomic E-state index is 13.1. The molecule has 0 saturated carbocycles. The normalized spacial score (nSPS) is 10.6. The highest BCUT2D eigenvalue weighted by atomic mass is 79.9. The second-order valence-electron chi connectivity index (χ2n) is 7.29. The van der Waals surface area contributed by atoms with E-state index >= 15 is 0 Å². The van der Waals surface area contributed by atoms with Crippen LogP contribution in [0.15, 0.2) is 77.3 Å². The van der Waals surface area contributed by atoms with Crippen LogP contribution in [0.1, 0.15) is 16.1 Å². The highest BCUT2D eigenvalue weighted by Gasteiger charge is 2.21. The van der Waals surface area contributed by atoms with E-state index in [1.54, 1.807) is 48.5 Å². The molecule has 0 spiro atoms. The number of hydrogen-bond donors (Lipinski definition) is 3. The number of rotatable bonds is 4. The van der Waals surface area contributed by atoms with Crippen molar-refractivity contribution < 1.29 is 14.4 Å². The van der Waals surface area contributed by atoms with Crippen LogP contribution in [0.4, 0.5) is 11.4 Å². The van der Waals surface area contributed by atoms with E-state index in [9.17, 15) is 14.4 Å². The zero-order valence-corrected chi connectivity index (χ0v) is 19.7. The lowest BCUT2D eigenvalue weighted by Crippen LogP contribution is -2.36. The molecule has 0 aliphatic carbocycles. The lowest BCUT2D eigenvalue weighted by molar-refractivity contribution is -0.133. The van der Waals surface area contributed by atoms with E-state index < -0.39 is 17.7 Å². The minimum atomic E-state index is -0.935. The summed E-state index contributed by atoms with van der Waals surface area (Å²) in [6.07, 6.45) is 0. The summed E-state index contributed by atoms with van der Waals surface area (Å²) < 4.78 is 2.11. The Morgan fingerprint density at radius 3 is 2.33 bits per heavy atom. The minimum Gasteiger partial charge on any atom is -0.321 e. The van der Waals surface area contributed by atoms with Gasteiger partial charge in [-0.1, -0.05) is 39.7 Å². The summed E-state index contributed by atoms with van der Waals surface area (Å²) in [5.41, 5.74) is 5.27. The molecule has 0 aliphatic heterocycles. The fraction of sp³-hybridized carbons (Fsp3) is 0.0417. The number of amides is 3. The van der Waals surface area contributed by atoms with Crippen molar-refractivity contribution in [2.45, 2.75) is 6.92 Å². The van der Waals surface area contributed by atoms with Crippen molar-refractivity contribution in [3.05, 3.63) is 93.5 Å². The molecule has 0 aliphatic rings. The first kappa shape index (κ1) is 22.6. The predicted molar refractivity (Wildman–Crippen MR) is 133 cm³/mol. The summed E-state index contributed by atoms with van der Waals surface area (Å²) in [5.74, 6) is -2.26. The molecule has 0 unspecified atom stereocenters. The first-order valence-corrected chi connectivity index (χ1v) is 11.0. The van der Waals surface area contributed by atoms with Crippen molar-refractivity contribution in [2.75, 3.05) is 16.1 Å². The number of hydrogen-bond acceptors (Lipinski definition) is 3. The molecule has 33 heavy (non-hydrogen) atoms. The Morgan fingerprint density at radius 2 is 1.61 bits per heavy atom. The molecule has 1 aromatic heterocycles. The second kappa shape index (κ2) is 9.48. The molecule has 3 N–H and O–H groups in total. The molecular weight excluding hydrogens is 508 g/mol. The predicted octanol–water partition coefficient (Wildman–Crippen LogP) is 5.33. The standard InChI is InChI=1S/C24H18BrClN4O3/c1-14-3-2-4-19(11-14)28-22(31)21-13-15-12-16(25)5-10-20(15)30(21)29-24(33)23(32)27-18-8-6-17(26)7-9-18/h2-13H,1H3,(H,27,32)(H,28,31)(H,29,33). The van der Waals surface area contributed by atoms with Crippen LogP contribution in [-0.4, -0.2) is 22.4 Å². The van der Waals surface area contributed by atoms with E-state index in [1.807, 2.05) is 31.2 Å². The molecule has 4 aromatic rings. The molecule has 4 rings (SSSR count). The summed E-state index contributed by atoms with van der Waals surface area (Å²) in [6.45, 7) is 1.92. The van der Waals surface area contributed by atoms with Crippen LogP contribution in [-0.2, 0) is 9.59 Å². The number of aryl methyl sites for hydroxylation is 1. The third-order valence-corrected chi connectivity index (χ3v) is 5.54. The number of nitrogens with one attached hydrogen (secondary N) is 3. The van der Waals surface area contributed by atoms with E-state index in [2.05, 4.69) is 32.0 Å². The summed E-state index contributed by atoms with van der Waals surface area (Å²) in [4.78, 5) is 38.2. The molecule has 0 radical (unpaired) electrons. The maximum Gasteiger partial charge on any atom is 0.328 e. The fourth-order valence-electron chi connectivity index (χ4n) is 3.27. The number of carbonyl (C=O) groups is 3. The Bertz CT molecular complexity index is 1380. The molecule has 9 heteroatoms. The maximum absolute atomic E-state index is 13.1. The zero-order chi connectivity index (χ0) is 23.5. The molecule has 0 atom stereocenters. The summed E-state index contributed by atoms with van der Waals surface area (Å²) in [5, 5.41) is 6.54. The molecule has 3 aromatic carbocycles. The van der Waals surface area contributed by atoms with Gasteiger partial charge < -0.3 is 10.6 Å². The van der Waals surface area contributed by atoms with Crippen LogP contribution < -0.4 is 16.1 Å². The van der Waals surface area contributed by atoms with Gasteiger partial charge in [-0.2, -0.15) is 0 Å². The number of carbonyl (C=O) groups excluding carboxylic acids is 3. The van der Waals surface area contributed by atoms with Gasteiger partial charge >= 0.3 is 11.8 Å². The smallest absolute Gasteiger partial charge is 0.321 e. The Hall–Kier alpha value is -3.62. The average Bonchev–Trinajstić information content (AvgIpc) is 3.12. The van der Waals surface area contributed by atoms with Gasteiger partial charge in [-0.25, -0.2) is 4.68 Å². The number of nitrogens with zero attached hydrogens (tertiary/aromatic N) is 1. The lowest BCUT2D eigenvalue weighted by atomic mass is 10.2. The van der Waals surface area contributed by atoms with E-state index in [0.717, 1.165) is 10.0 Å². The third-order valence-electron chi connectivity index (χ3n) is 4.79. The molecule has 1 heterocycles. The molecule has 0 saturated heterocycles. The zero-order valence-electron chi connectivity index (χ0n) is 17.4. The largest absolute Gasteiger partial charge is 0.328 e. The van der Waals surface area contributed by atoms with Gasteiger partial charge in [-0.05, 0) is 73.2 Å². The Balaban J connectivity index is 1.62. The summed E-state index contributed by atoms with van der Waals surface area (Å²) in [6, 6.07) is 20.7. The monoisotopic (exact) mass is 524 g/mol. The molecule has 3 amide bonds. The van der Waals surface area contributed by atoms with Crippen molar-refractivity contribution in [3.63, 3.8) is 0 Å². The number of halogens is 2. The fourth-order valence-corrected chi connectivity index (χ4v) is 3.77. The SMILES string of the molecule is Cc1cccc(NC(=O)c2cc3cc(Br)ccc3n2NC(=O)C(=O)Nc2ccc(Cl)cc2)c1. The van der Waals surface area contributed by atoms with Crippen molar-refractivity contribution in [2.24, 2.45) is 0 Å². The van der Waals surface area contributed by atoms with Crippen LogP contribution in [0.5, 0.6) is 0 Å². The molecular formula is C24H18BrClN4O3. The van der Waals surface area contributed by atoms with Gasteiger partial charge in [0, 0.05) is 26.3 Å². The van der Waals surface area contributed by atoms with E-state index in [1.165, 1.54) is 4.68 Å². The summed E-state index contributed by atoms with van der Waals surface area (Å²) >= 11 is 9.26. The van der Waals surface area contributed by atoms with Crippen molar-refractivity contribution in [1.29, 1.82) is 0 Å². The number of fused-ring (bicyclic) bond motifs is 1. The van der Waals surface area contributed by atoms with Crippen LogP contribution in [0.3, 0.4) is 0 Å². The van der Waals surface area contributed by atoms with Gasteiger partial charge in [0.25, 0.3) is 5.91 Å². The van der Waals surface area contributed by atoms with Gasteiger partial charge in [0.1, 0.15) is 5.69 Å². The summed E-state index contributed by atoms with van der Waals surface area (Å²) in [7, 11) is 0. The van der Waals surface area contributed by atoms with Crippen molar-refractivity contribution >= 4 is 67.5 Å². The van der Waals surface area contributed by atoms with E-state index in [0.29, 0.717) is 27.3 Å². The van der Waals surface area contributed by atoms with Crippen molar-refractivity contribution in [1.82, 2.24) is 4.68 Å². The highest BCUT2D eigenvalue weighted by Crippen LogP contribution is 2.24. The number of aromatic nitrogens is 1. The Kier molecular flexibility index (Phi) is 6.48. The second-order valence-corrected chi connectivity index (χ2v) is 8.65. The van der Waals surface area contributed by atoms with Gasteiger partial charge in [0.05, 0.1) is 5.52 Å². The van der Waals surface area contributed by atoms with E-state index in [-0.39, 0.29) is 5.69 Å². The minimum absolute atomic E-state index is 0.164. The Labute approximate surface area is 202 Å². The van der Waals surface area contributed by atoms with Crippen LogP contribution >= 0.6 is 27.5 Å². The van der Waals surface area contributed by atoms with Gasteiger partial charge in [-0.3, -0.25) is 19.8 Å². The molecule has 0 fully saturated rings. The van der Waals surface area contributed by atoms with Gasteiger partial charge in [0.15, 0.2) is 0 Å². The van der Waals surface area contributed by atoms with Crippen molar-refractivity contribution in [3.8, 4) is 0 Å². The number of benzene rings is 3. The lowest BCUT2D eigenvalue weighted by Gasteiger charge is -2.13. The molecule has 0 bridgehead atoms. The van der Waals surface area contributed by atoms with Crippen LogP contribution in [0, 0.1) is 6.92 Å². The quantitative estimate of drug-likeness (QED) is 0.315. The number of anilines is 2. The van der Waals surface area contributed by atoms with Crippen LogP contribution in [0.25, 0.3) is 10.9 Å². The highest BCUT2D eigenvalue weighted by molar-refractivity contribution is 9.10. The molecule has 7 nitrogen and oxygen atoms in total. The molecule has 166 valence electrons. The van der Waals surface area contributed by atoms with Gasteiger partial charge in [0.2, 0.25) is 0 Å². The topological polar surface area (TPSA) is 92.2 Å². The van der Waals surface area contributed by atoms with E-state index in [4.69, 9.17) is 11.6 Å². The van der Waals surface area contributed by atoms with Gasteiger partial charge in [-0.15, -0.1) is 0 Å². The van der Waals surface area contributed by atoms with Crippen LogP contribution in [0.2, 0.25) is 5.02 Å². The third kappa shape index (κ3) is 5.24.